The summed E-state index contributed by atoms with van der Waals surface area (Å²) in [4.78, 5) is 28.2. The van der Waals surface area contributed by atoms with Gasteiger partial charge < -0.3 is 15.1 Å². The Hall–Kier alpha value is -2.54. The van der Waals surface area contributed by atoms with Gasteiger partial charge in [-0.05, 0) is 35.9 Å². The van der Waals surface area contributed by atoms with Gasteiger partial charge in [0.1, 0.15) is 5.82 Å². The van der Waals surface area contributed by atoms with Crippen LogP contribution in [0.25, 0.3) is 0 Å². The van der Waals surface area contributed by atoms with Crippen LogP contribution in [0.1, 0.15) is 15.9 Å². The SMILES string of the molecule is CN(C)c1ccc(C(=O)Nc2ccc(CC(=O)N3CCSCC3)cc2)cc1F. The van der Waals surface area contributed by atoms with Crippen molar-refractivity contribution in [1.29, 1.82) is 0 Å². The summed E-state index contributed by atoms with van der Waals surface area (Å²) in [5.41, 5.74) is 2.19. The molecule has 2 amide bonds. The molecule has 0 spiro atoms. The number of hydrogen-bond acceptors (Lipinski definition) is 4. The van der Waals surface area contributed by atoms with Gasteiger partial charge in [0.2, 0.25) is 5.91 Å². The molecule has 1 fully saturated rings. The zero-order valence-corrected chi connectivity index (χ0v) is 16.9. The first kappa shape index (κ1) is 20.2. The number of rotatable bonds is 5. The minimum atomic E-state index is -0.442. The fourth-order valence-corrected chi connectivity index (χ4v) is 3.92. The molecule has 0 aliphatic carbocycles. The molecule has 2 aromatic rings. The van der Waals surface area contributed by atoms with Crippen molar-refractivity contribution in [3.63, 3.8) is 0 Å². The van der Waals surface area contributed by atoms with E-state index in [1.54, 1.807) is 43.3 Å². The van der Waals surface area contributed by atoms with Crippen LogP contribution in [-0.4, -0.2) is 55.4 Å². The van der Waals surface area contributed by atoms with Crippen molar-refractivity contribution in [2.45, 2.75) is 6.42 Å². The summed E-state index contributed by atoms with van der Waals surface area (Å²) in [5, 5.41) is 2.76. The molecule has 5 nitrogen and oxygen atoms in total. The first-order valence-electron chi connectivity index (χ1n) is 9.17. The lowest BCUT2D eigenvalue weighted by Gasteiger charge is -2.26. The van der Waals surface area contributed by atoms with Crippen LogP contribution >= 0.6 is 11.8 Å². The van der Waals surface area contributed by atoms with Crippen LogP contribution in [0.5, 0.6) is 0 Å². The Morgan fingerprint density at radius 1 is 1.11 bits per heavy atom. The monoisotopic (exact) mass is 401 g/mol. The number of halogens is 1. The number of hydrogen-bond donors (Lipinski definition) is 1. The third-order valence-corrected chi connectivity index (χ3v) is 5.57. The van der Waals surface area contributed by atoms with Crippen LogP contribution in [-0.2, 0) is 11.2 Å². The second-order valence-electron chi connectivity index (χ2n) is 6.88. The standard InChI is InChI=1S/C21H24FN3O2S/c1-24(2)19-8-5-16(14-18(19)22)21(27)23-17-6-3-15(4-7-17)13-20(26)25-9-11-28-12-10-25/h3-8,14H,9-13H2,1-2H3,(H,23,27). The van der Waals surface area contributed by atoms with Gasteiger partial charge in [-0.2, -0.15) is 11.8 Å². The Morgan fingerprint density at radius 3 is 2.39 bits per heavy atom. The van der Waals surface area contributed by atoms with Gasteiger partial charge in [-0.25, -0.2) is 4.39 Å². The van der Waals surface area contributed by atoms with Gasteiger partial charge in [0.25, 0.3) is 5.91 Å². The molecule has 0 aromatic heterocycles. The van der Waals surface area contributed by atoms with Gasteiger partial charge in [0.15, 0.2) is 0 Å². The molecule has 0 radical (unpaired) electrons. The van der Waals surface area contributed by atoms with Crippen molar-refractivity contribution in [1.82, 2.24) is 4.90 Å². The summed E-state index contributed by atoms with van der Waals surface area (Å²) in [6, 6.07) is 11.6. The maximum atomic E-state index is 14.1. The fourth-order valence-electron chi connectivity index (χ4n) is 3.02. The van der Waals surface area contributed by atoms with Crippen molar-refractivity contribution in [3.05, 3.63) is 59.4 Å². The van der Waals surface area contributed by atoms with E-state index in [2.05, 4.69) is 5.32 Å². The van der Waals surface area contributed by atoms with Crippen molar-refractivity contribution >= 4 is 35.0 Å². The highest BCUT2D eigenvalue weighted by atomic mass is 32.2. The summed E-state index contributed by atoms with van der Waals surface area (Å²) in [6.07, 6.45) is 0.357. The minimum Gasteiger partial charge on any atom is -0.375 e. The van der Waals surface area contributed by atoms with Crippen LogP contribution in [0, 0.1) is 5.82 Å². The summed E-state index contributed by atoms with van der Waals surface area (Å²) in [7, 11) is 3.49. The number of carbonyl (C=O) groups excluding carboxylic acids is 2. The highest BCUT2D eigenvalue weighted by Crippen LogP contribution is 2.20. The predicted molar refractivity (Wildman–Crippen MR) is 113 cm³/mol. The third-order valence-electron chi connectivity index (χ3n) is 4.62. The Kier molecular flexibility index (Phi) is 6.57. The van der Waals surface area contributed by atoms with Gasteiger partial charge >= 0.3 is 0 Å². The third kappa shape index (κ3) is 5.04. The quantitative estimate of drug-likeness (QED) is 0.836. The Labute approximate surface area is 168 Å². The molecule has 0 atom stereocenters. The summed E-state index contributed by atoms with van der Waals surface area (Å²) >= 11 is 1.87. The van der Waals surface area contributed by atoms with E-state index in [1.165, 1.54) is 6.07 Å². The number of thioether (sulfide) groups is 1. The number of amides is 2. The zero-order chi connectivity index (χ0) is 20.1. The highest BCUT2D eigenvalue weighted by molar-refractivity contribution is 7.99. The normalized spacial score (nSPS) is 13.9. The van der Waals surface area contributed by atoms with Crippen LogP contribution < -0.4 is 10.2 Å². The van der Waals surface area contributed by atoms with E-state index < -0.39 is 5.82 Å². The topological polar surface area (TPSA) is 52.7 Å². The van der Waals surface area contributed by atoms with Gasteiger partial charge in [-0.3, -0.25) is 9.59 Å². The molecule has 1 heterocycles. The first-order valence-corrected chi connectivity index (χ1v) is 10.3. The molecule has 0 saturated carbocycles. The molecule has 0 unspecified atom stereocenters. The highest BCUT2D eigenvalue weighted by Gasteiger charge is 2.17. The Balaban J connectivity index is 1.60. The minimum absolute atomic E-state index is 0.133. The van der Waals surface area contributed by atoms with E-state index in [4.69, 9.17) is 0 Å². The number of carbonyl (C=O) groups is 2. The van der Waals surface area contributed by atoms with Crippen molar-refractivity contribution in [3.8, 4) is 0 Å². The van der Waals surface area contributed by atoms with Crippen molar-refractivity contribution in [2.75, 3.05) is 48.9 Å². The largest absolute Gasteiger partial charge is 0.375 e. The smallest absolute Gasteiger partial charge is 0.255 e. The van der Waals surface area contributed by atoms with Gasteiger partial charge in [-0.1, -0.05) is 12.1 Å². The number of nitrogens with zero attached hydrogens (tertiary/aromatic N) is 2. The second kappa shape index (κ2) is 9.10. The predicted octanol–water partition coefficient (Wildman–Crippen LogP) is 3.26. The molecule has 2 aromatic carbocycles. The molecule has 1 N–H and O–H groups in total. The van der Waals surface area contributed by atoms with E-state index in [-0.39, 0.29) is 17.4 Å². The Bertz CT molecular complexity index is 849. The molecule has 1 aliphatic rings. The molecule has 0 bridgehead atoms. The maximum Gasteiger partial charge on any atom is 0.255 e. The van der Waals surface area contributed by atoms with Gasteiger partial charge in [0.05, 0.1) is 12.1 Å². The van der Waals surface area contributed by atoms with Crippen molar-refractivity contribution < 1.29 is 14.0 Å². The molecule has 148 valence electrons. The number of nitrogens with one attached hydrogen (secondary N) is 1. The summed E-state index contributed by atoms with van der Waals surface area (Å²) in [6.45, 7) is 1.61. The lowest BCUT2D eigenvalue weighted by Crippen LogP contribution is -2.38. The number of anilines is 2. The fraction of sp³-hybridized carbons (Fsp3) is 0.333. The second-order valence-corrected chi connectivity index (χ2v) is 8.11. The zero-order valence-electron chi connectivity index (χ0n) is 16.1. The van der Waals surface area contributed by atoms with E-state index in [9.17, 15) is 14.0 Å². The van der Waals surface area contributed by atoms with Crippen LogP contribution in [0.2, 0.25) is 0 Å². The van der Waals surface area contributed by atoms with Gasteiger partial charge in [0, 0.05) is 49.9 Å². The lowest BCUT2D eigenvalue weighted by atomic mass is 10.1. The Morgan fingerprint density at radius 2 is 1.79 bits per heavy atom. The average molecular weight is 402 g/mol. The molecule has 1 saturated heterocycles. The van der Waals surface area contributed by atoms with Crippen LogP contribution in [0.15, 0.2) is 42.5 Å². The first-order chi connectivity index (χ1) is 13.4. The molecule has 3 rings (SSSR count). The summed E-state index contributed by atoms with van der Waals surface area (Å²) < 4.78 is 14.1. The molecular weight excluding hydrogens is 377 g/mol. The molecule has 28 heavy (non-hydrogen) atoms. The average Bonchev–Trinajstić information content (AvgIpc) is 2.69. The maximum absolute atomic E-state index is 14.1. The number of benzene rings is 2. The van der Waals surface area contributed by atoms with E-state index >= 15 is 0 Å². The lowest BCUT2D eigenvalue weighted by molar-refractivity contribution is -0.130. The van der Waals surface area contributed by atoms with E-state index in [1.807, 2.05) is 28.8 Å². The van der Waals surface area contributed by atoms with Gasteiger partial charge in [-0.15, -0.1) is 0 Å². The van der Waals surface area contributed by atoms with Crippen LogP contribution in [0.4, 0.5) is 15.8 Å². The van der Waals surface area contributed by atoms with Crippen LogP contribution in [0.3, 0.4) is 0 Å². The molecular formula is C21H24FN3O2S. The van der Waals surface area contributed by atoms with Crippen molar-refractivity contribution in [2.24, 2.45) is 0 Å². The van der Waals surface area contributed by atoms with E-state index in [0.29, 0.717) is 17.8 Å². The molecule has 1 aliphatic heterocycles. The molecule has 7 heteroatoms. The summed E-state index contributed by atoms with van der Waals surface area (Å²) in [5.74, 6) is 1.30. The van der Waals surface area contributed by atoms with E-state index in [0.717, 1.165) is 30.2 Å².